The number of carbonyl (C=O) groups is 1. The molecule has 152 valence electrons. The fourth-order valence-electron chi connectivity index (χ4n) is 3.70. The lowest BCUT2D eigenvalue weighted by molar-refractivity contribution is 0.0697. The smallest absolute Gasteiger partial charge is 0.335 e. The quantitative estimate of drug-likeness (QED) is 0.461. The van der Waals surface area contributed by atoms with E-state index in [-0.39, 0.29) is 11.1 Å². The zero-order valence-corrected chi connectivity index (χ0v) is 16.5. The van der Waals surface area contributed by atoms with E-state index < -0.39 is 5.97 Å². The summed E-state index contributed by atoms with van der Waals surface area (Å²) in [6.07, 6.45) is 0. The van der Waals surface area contributed by atoms with Crippen molar-refractivity contribution in [3.05, 3.63) is 88.7 Å². The summed E-state index contributed by atoms with van der Waals surface area (Å²) >= 11 is 0. The molecule has 7 nitrogen and oxygen atoms in total. The summed E-state index contributed by atoms with van der Waals surface area (Å²) in [6, 6.07) is 21.1. The van der Waals surface area contributed by atoms with E-state index >= 15 is 0 Å². The van der Waals surface area contributed by atoms with E-state index in [4.69, 9.17) is 14.8 Å². The van der Waals surface area contributed by atoms with Crippen LogP contribution in [0.4, 0.5) is 0 Å². The third-order valence-electron chi connectivity index (χ3n) is 5.27. The predicted octanol–water partition coefficient (Wildman–Crippen LogP) is 4.24. The molecule has 0 saturated heterocycles. The van der Waals surface area contributed by atoms with Crippen LogP contribution in [0.1, 0.15) is 10.4 Å². The van der Waals surface area contributed by atoms with Gasteiger partial charge in [-0.25, -0.2) is 14.5 Å². The van der Waals surface area contributed by atoms with Crippen LogP contribution in [0.3, 0.4) is 0 Å². The lowest BCUT2D eigenvalue weighted by atomic mass is 10.0. The third-order valence-corrected chi connectivity index (χ3v) is 5.27. The summed E-state index contributed by atoms with van der Waals surface area (Å²) in [4.78, 5) is 29.4. The van der Waals surface area contributed by atoms with Gasteiger partial charge in [0, 0.05) is 10.9 Å². The molecule has 0 bridgehead atoms. The minimum atomic E-state index is -1.02. The molecule has 0 amide bonds. The second-order valence-corrected chi connectivity index (χ2v) is 7.06. The number of methoxy groups -OCH3 is 1. The first kappa shape index (κ1) is 18.6. The Kier molecular flexibility index (Phi) is 4.29. The van der Waals surface area contributed by atoms with Crippen molar-refractivity contribution < 1.29 is 14.6 Å². The molecule has 0 fully saturated rings. The van der Waals surface area contributed by atoms with E-state index in [9.17, 15) is 9.59 Å². The molecular formula is C24H17N3O4. The first-order valence-corrected chi connectivity index (χ1v) is 9.58. The Morgan fingerprint density at radius 1 is 1.00 bits per heavy atom. The van der Waals surface area contributed by atoms with Crippen LogP contribution in [0.25, 0.3) is 38.8 Å². The highest BCUT2D eigenvalue weighted by Gasteiger charge is 2.18. The lowest BCUT2D eigenvalue weighted by Crippen LogP contribution is -2.15. The van der Waals surface area contributed by atoms with Gasteiger partial charge in [0.2, 0.25) is 0 Å². The van der Waals surface area contributed by atoms with Gasteiger partial charge >= 0.3 is 5.97 Å². The maximum absolute atomic E-state index is 13.5. The van der Waals surface area contributed by atoms with Crippen LogP contribution >= 0.6 is 0 Å². The maximum atomic E-state index is 13.5. The number of fused-ring (bicyclic) bond motifs is 3. The molecule has 2 aromatic heterocycles. The van der Waals surface area contributed by atoms with Crippen LogP contribution in [-0.4, -0.2) is 33.0 Å². The second-order valence-electron chi connectivity index (χ2n) is 7.06. The Morgan fingerprint density at radius 2 is 1.71 bits per heavy atom. The molecule has 0 aliphatic heterocycles. The van der Waals surface area contributed by atoms with Gasteiger partial charge in [-0.1, -0.05) is 18.2 Å². The van der Waals surface area contributed by atoms with Crippen LogP contribution in [0.2, 0.25) is 0 Å². The highest BCUT2D eigenvalue weighted by Crippen LogP contribution is 2.31. The number of rotatable bonds is 4. The van der Waals surface area contributed by atoms with Crippen molar-refractivity contribution in [1.82, 2.24) is 14.8 Å². The van der Waals surface area contributed by atoms with Crippen molar-refractivity contribution >= 4 is 27.8 Å². The number of aromatic amines is 1. The summed E-state index contributed by atoms with van der Waals surface area (Å²) in [5.41, 5.74) is 3.22. The van der Waals surface area contributed by atoms with Gasteiger partial charge in [0.25, 0.3) is 5.56 Å². The van der Waals surface area contributed by atoms with E-state index in [2.05, 4.69) is 5.10 Å². The molecule has 5 aromatic rings. The molecule has 0 spiro atoms. The van der Waals surface area contributed by atoms with E-state index in [1.54, 1.807) is 19.2 Å². The number of aromatic nitrogens is 3. The molecule has 2 N–H and O–H groups in total. The van der Waals surface area contributed by atoms with Crippen molar-refractivity contribution in [2.24, 2.45) is 0 Å². The molecule has 2 heterocycles. The average Bonchev–Trinajstić information content (AvgIpc) is 3.16. The Bertz CT molecular complexity index is 1500. The minimum absolute atomic E-state index is 0.152. The number of hydrogen-bond acceptors (Lipinski definition) is 4. The van der Waals surface area contributed by atoms with Gasteiger partial charge in [-0.15, -0.1) is 0 Å². The Labute approximate surface area is 176 Å². The van der Waals surface area contributed by atoms with Gasteiger partial charge < -0.3 is 9.84 Å². The molecule has 0 aliphatic carbocycles. The zero-order valence-electron chi connectivity index (χ0n) is 16.5. The van der Waals surface area contributed by atoms with Crippen molar-refractivity contribution in [2.45, 2.75) is 0 Å². The van der Waals surface area contributed by atoms with Gasteiger partial charge in [-0.3, -0.25) is 9.89 Å². The van der Waals surface area contributed by atoms with Crippen LogP contribution in [0.15, 0.2) is 77.6 Å². The Balaban J connectivity index is 1.80. The van der Waals surface area contributed by atoms with Crippen LogP contribution in [0, 0.1) is 0 Å². The van der Waals surface area contributed by atoms with E-state index in [0.29, 0.717) is 28.0 Å². The molecular weight excluding hydrogens is 394 g/mol. The molecule has 3 aromatic carbocycles. The number of ether oxygens (including phenoxy) is 1. The number of nitrogens with zero attached hydrogens (tertiary/aromatic N) is 2. The number of pyridine rings is 1. The summed E-state index contributed by atoms with van der Waals surface area (Å²) in [5, 5.41) is 13.6. The summed E-state index contributed by atoms with van der Waals surface area (Å²) in [7, 11) is 1.60. The molecule has 0 aliphatic rings. The fraction of sp³-hybridized carbons (Fsp3) is 0.0417. The molecule has 0 atom stereocenters. The Morgan fingerprint density at radius 3 is 2.39 bits per heavy atom. The average molecular weight is 411 g/mol. The number of H-pyrrole nitrogens is 1. The number of carboxylic acids is 1. The molecule has 0 unspecified atom stereocenters. The third kappa shape index (κ3) is 3.03. The largest absolute Gasteiger partial charge is 0.497 e. The summed E-state index contributed by atoms with van der Waals surface area (Å²) < 4.78 is 6.65. The number of carboxylic acid groups (broad SMARTS) is 1. The van der Waals surface area contributed by atoms with Crippen molar-refractivity contribution in [1.29, 1.82) is 0 Å². The molecule has 0 radical (unpaired) electrons. The zero-order chi connectivity index (χ0) is 21.5. The monoisotopic (exact) mass is 411 g/mol. The van der Waals surface area contributed by atoms with Crippen molar-refractivity contribution in [3.63, 3.8) is 0 Å². The normalized spacial score (nSPS) is 11.1. The number of hydrogen-bond donors (Lipinski definition) is 2. The first-order valence-electron chi connectivity index (χ1n) is 9.58. The van der Waals surface area contributed by atoms with Crippen molar-refractivity contribution in [3.8, 4) is 22.7 Å². The number of benzene rings is 3. The van der Waals surface area contributed by atoms with Crippen LogP contribution < -0.4 is 10.3 Å². The lowest BCUT2D eigenvalue weighted by Gasteiger charge is -2.06. The van der Waals surface area contributed by atoms with Crippen molar-refractivity contribution in [2.75, 3.05) is 7.11 Å². The molecule has 0 saturated carbocycles. The highest BCUT2D eigenvalue weighted by atomic mass is 16.5. The predicted molar refractivity (Wildman–Crippen MR) is 118 cm³/mol. The molecule has 7 heteroatoms. The molecule has 5 rings (SSSR count). The van der Waals surface area contributed by atoms with E-state index in [0.717, 1.165) is 16.5 Å². The second kappa shape index (κ2) is 7.14. The summed E-state index contributed by atoms with van der Waals surface area (Å²) in [5.74, 6) is -0.307. The minimum Gasteiger partial charge on any atom is -0.497 e. The van der Waals surface area contributed by atoms with Crippen LogP contribution in [-0.2, 0) is 0 Å². The number of para-hydroxylation sites is 1. The van der Waals surface area contributed by atoms with Crippen LogP contribution in [0.5, 0.6) is 5.75 Å². The highest BCUT2D eigenvalue weighted by molar-refractivity contribution is 6.08. The van der Waals surface area contributed by atoms with Gasteiger partial charge in [-0.05, 0) is 54.6 Å². The first-order chi connectivity index (χ1) is 15.1. The summed E-state index contributed by atoms with van der Waals surface area (Å²) in [6.45, 7) is 0. The Hall–Kier alpha value is -4.39. The van der Waals surface area contributed by atoms with Gasteiger partial charge in [0.05, 0.1) is 40.5 Å². The number of nitrogens with one attached hydrogen (secondary N) is 1. The standard InChI is InChI=1S/C24H17N3O4/c1-31-17-12-8-14(9-13-17)21-20-22(18-4-2-3-5-19(18)25-21)26-27(23(20)28)16-10-6-15(7-11-16)24(29)30/h2-13,26H,1H3,(H,29,30). The van der Waals surface area contributed by atoms with Gasteiger partial charge in [0.15, 0.2) is 0 Å². The van der Waals surface area contributed by atoms with E-state index in [1.807, 2.05) is 48.5 Å². The maximum Gasteiger partial charge on any atom is 0.335 e. The van der Waals surface area contributed by atoms with E-state index in [1.165, 1.54) is 16.8 Å². The van der Waals surface area contributed by atoms with Gasteiger partial charge in [-0.2, -0.15) is 0 Å². The SMILES string of the molecule is COc1ccc(-c2nc3ccccc3c3[nH]n(-c4ccc(C(=O)O)cc4)c(=O)c23)cc1. The van der Waals surface area contributed by atoms with Gasteiger partial charge in [0.1, 0.15) is 5.75 Å². The topological polar surface area (TPSA) is 97.2 Å². The number of aromatic carboxylic acids is 1. The fourth-order valence-corrected chi connectivity index (χ4v) is 3.70. The molecule has 31 heavy (non-hydrogen) atoms.